The molecule has 1 aliphatic heterocycles. The number of hydrogen-bond donors (Lipinski definition) is 2. The molecule has 1 heterocycles. The number of anilines is 1. The van der Waals surface area contributed by atoms with E-state index in [0.717, 1.165) is 17.4 Å². The van der Waals surface area contributed by atoms with E-state index in [1.807, 2.05) is 12.1 Å². The largest absolute Gasteiger partial charge is 0.378 e. The summed E-state index contributed by atoms with van der Waals surface area (Å²) in [6, 6.07) is 22.7. The summed E-state index contributed by atoms with van der Waals surface area (Å²) in [5.41, 5.74) is 5.42. The van der Waals surface area contributed by atoms with Crippen LogP contribution in [0.25, 0.3) is 0 Å². The molecule has 3 aromatic carbocycles. The summed E-state index contributed by atoms with van der Waals surface area (Å²) in [4.78, 5) is 13.0. The normalized spacial score (nSPS) is 26.9. The zero-order valence-electron chi connectivity index (χ0n) is 18.2. The van der Waals surface area contributed by atoms with Crippen molar-refractivity contribution in [2.75, 3.05) is 5.32 Å². The average Bonchev–Trinajstić information content (AvgIpc) is 3.46. The highest BCUT2D eigenvalue weighted by Gasteiger charge is 2.53. The number of carbonyl (C=O) groups excluding carboxylic acids is 1. The lowest BCUT2D eigenvalue weighted by atomic mass is 9.68. The maximum absolute atomic E-state index is 13.0. The minimum absolute atomic E-state index is 0.0753. The van der Waals surface area contributed by atoms with Gasteiger partial charge in [0.1, 0.15) is 0 Å². The van der Waals surface area contributed by atoms with Crippen LogP contribution in [0, 0.1) is 17.8 Å². The highest BCUT2D eigenvalue weighted by atomic mass is 35.5. The summed E-state index contributed by atoms with van der Waals surface area (Å²) < 4.78 is 0. The molecule has 3 nitrogen and oxygen atoms in total. The highest BCUT2D eigenvalue weighted by molar-refractivity contribution is 6.35. The van der Waals surface area contributed by atoms with Gasteiger partial charge in [-0.15, -0.1) is 0 Å². The van der Waals surface area contributed by atoms with Crippen molar-refractivity contribution in [1.82, 2.24) is 5.32 Å². The molecule has 2 aliphatic carbocycles. The van der Waals surface area contributed by atoms with Crippen LogP contribution in [0.5, 0.6) is 0 Å². The van der Waals surface area contributed by atoms with Crippen LogP contribution in [0.2, 0.25) is 10.0 Å². The molecule has 5 atom stereocenters. The summed E-state index contributed by atoms with van der Waals surface area (Å²) in [7, 11) is 0. The summed E-state index contributed by atoms with van der Waals surface area (Å²) >= 11 is 12.3. The Labute approximate surface area is 204 Å². The van der Waals surface area contributed by atoms with E-state index in [4.69, 9.17) is 23.2 Å². The fourth-order valence-corrected chi connectivity index (χ4v) is 7.04. The molecule has 2 saturated carbocycles. The van der Waals surface area contributed by atoms with Crippen LogP contribution in [0.15, 0.2) is 66.7 Å². The van der Waals surface area contributed by atoms with E-state index in [9.17, 15) is 4.79 Å². The van der Waals surface area contributed by atoms with Crippen LogP contribution < -0.4 is 10.6 Å². The molecule has 0 spiro atoms. The maximum atomic E-state index is 13.0. The van der Waals surface area contributed by atoms with Gasteiger partial charge in [0.05, 0.1) is 6.04 Å². The lowest BCUT2D eigenvalue weighted by molar-refractivity contribution is 0.0950. The van der Waals surface area contributed by atoms with E-state index in [1.165, 1.54) is 36.1 Å². The summed E-state index contributed by atoms with van der Waals surface area (Å²) in [5, 5.41) is 8.02. The first-order valence-electron chi connectivity index (χ1n) is 11.8. The van der Waals surface area contributed by atoms with Gasteiger partial charge in [-0.05, 0) is 90.0 Å². The quantitative estimate of drug-likeness (QED) is 0.417. The first-order valence-corrected chi connectivity index (χ1v) is 12.5. The number of hydrogen-bond acceptors (Lipinski definition) is 2. The first-order chi connectivity index (χ1) is 16.1. The van der Waals surface area contributed by atoms with Crippen LogP contribution in [0.4, 0.5) is 5.69 Å². The van der Waals surface area contributed by atoms with Crippen molar-refractivity contribution in [2.24, 2.45) is 17.8 Å². The SMILES string of the molecule is O=C(NCc1ccc(Cl)cc1Cl)c1ccc2c(c1)[C@@H]1[C@H]3CC[C@@H](C3)[C@H]1[C@@H](c1ccccc1)N2. The van der Waals surface area contributed by atoms with E-state index >= 15 is 0 Å². The Morgan fingerprint density at radius 3 is 2.61 bits per heavy atom. The van der Waals surface area contributed by atoms with Gasteiger partial charge in [0, 0.05) is 27.8 Å². The molecule has 33 heavy (non-hydrogen) atoms. The van der Waals surface area contributed by atoms with Gasteiger partial charge < -0.3 is 10.6 Å². The molecule has 0 radical (unpaired) electrons. The number of nitrogens with one attached hydrogen (secondary N) is 2. The zero-order chi connectivity index (χ0) is 22.5. The third kappa shape index (κ3) is 3.72. The number of halogens is 2. The third-order valence-corrected chi connectivity index (χ3v) is 8.55. The number of amides is 1. The molecule has 2 N–H and O–H groups in total. The lowest BCUT2D eigenvalue weighted by Gasteiger charge is -2.43. The van der Waals surface area contributed by atoms with Crippen molar-refractivity contribution in [2.45, 2.75) is 37.8 Å². The standard InChI is InChI=1S/C28H26Cl2N2O/c29-21-10-8-20(23(30)14-21)15-31-28(33)19-9-11-24-22(13-19)25-17-6-7-18(12-17)26(25)27(32-24)16-4-2-1-3-5-16/h1-5,8-11,13-14,17-18,25-27,32H,6-7,12,15H2,(H,31,33)/t17-,18-,25-,26+,27+/m0/s1. The molecule has 168 valence electrons. The van der Waals surface area contributed by atoms with Gasteiger partial charge in [-0.1, -0.05) is 59.6 Å². The van der Waals surface area contributed by atoms with Gasteiger partial charge in [-0.3, -0.25) is 4.79 Å². The summed E-state index contributed by atoms with van der Waals surface area (Å²) in [5.74, 6) is 2.51. The first kappa shape index (κ1) is 21.1. The second kappa shape index (κ2) is 8.38. The second-order valence-electron chi connectivity index (χ2n) is 9.69. The van der Waals surface area contributed by atoms with Crippen LogP contribution in [-0.4, -0.2) is 5.91 Å². The van der Waals surface area contributed by atoms with Crippen LogP contribution in [0.3, 0.4) is 0 Å². The third-order valence-electron chi connectivity index (χ3n) is 7.96. The molecule has 0 aromatic heterocycles. The van der Waals surface area contributed by atoms with Crippen molar-refractivity contribution in [1.29, 1.82) is 0 Å². The molecular formula is C28H26Cl2N2O. The van der Waals surface area contributed by atoms with E-state index in [2.05, 4.69) is 53.1 Å². The van der Waals surface area contributed by atoms with E-state index in [1.54, 1.807) is 12.1 Å². The van der Waals surface area contributed by atoms with Crippen LogP contribution >= 0.6 is 23.2 Å². The molecule has 0 saturated heterocycles. The Morgan fingerprint density at radius 2 is 1.79 bits per heavy atom. The molecular weight excluding hydrogens is 451 g/mol. The monoisotopic (exact) mass is 476 g/mol. The Bertz CT molecular complexity index is 1210. The van der Waals surface area contributed by atoms with Gasteiger partial charge in [-0.2, -0.15) is 0 Å². The topological polar surface area (TPSA) is 41.1 Å². The minimum atomic E-state index is -0.0753. The molecule has 1 amide bonds. The molecule has 2 fully saturated rings. The smallest absolute Gasteiger partial charge is 0.251 e. The Hall–Kier alpha value is -2.49. The van der Waals surface area contributed by atoms with Crippen LogP contribution in [0.1, 0.15) is 58.3 Å². The van der Waals surface area contributed by atoms with Crippen LogP contribution in [-0.2, 0) is 6.54 Å². The summed E-state index contributed by atoms with van der Waals surface area (Å²) in [6.07, 6.45) is 3.94. The number of fused-ring (bicyclic) bond motifs is 7. The van der Waals surface area contributed by atoms with Gasteiger partial charge >= 0.3 is 0 Å². The Balaban J connectivity index is 1.28. The predicted molar refractivity (Wildman–Crippen MR) is 134 cm³/mol. The lowest BCUT2D eigenvalue weighted by Crippen LogP contribution is -2.35. The van der Waals surface area contributed by atoms with Crippen molar-refractivity contribution in [3.8, 4) is 0 Å². The van der Waals surface area contributed by atoms with Crippen molar-refractivity contribution in [3.05, 3.63) is 99.0 Å². The molecule has 5 heteroatoms. The average molecular weight is 477 g/mol. The van der Waals surface area contributed by atoms with E-state index < -0.39 is 0 Å². The summed E-state index contributed by atoms with van der Waals surface area (Å²) in [6.45, 7) is 0.372. The van der Waals surface area contributed by atoms with Gasteiger partial charge in [0.15, 0.2) is 0 Å². The maximum Gasteiger partial charge on any atom is 0.251 e. The van der Waals surface area contributed by atoms with Gasteiger partial charge in [-0.25, -0.2) is 0 Å². The number of benzene rings is 3. The number of carbonyl (C=O) groups is 1. The molecule has 3 aromatic rings. The van der Waals surface area contributed by atoms with Gasteiger partial charge in [0.25, 0.3) is 5.91 Å². The van der Waals surface area contributed by atoms with E-state index in [-0.39, 0.29) is 5.91 Å². The Morgan fingerprint density at radius 1 is 0.970 bits per heavy atom. The molecule has 2 bridgehead atoms. The van der Waals surface area contributed by atoms with Gasteiger partial charge in [0.2, 0.25) is 0 Å². The minimum Gasteiger partial charge on any atom is -0.378 e. The van der Waals surface area contributed by atoms with Crippen molar-refractivity contribution < 1.29 is 4.79 Å². The molecule has 0 unspecified atom stereocenters. The van der Waals surface area contributed by atoms with Crippen molar-refractivity contribution in [3.63, 3.8) is 0 Å². The highest BCUT2D eigenvalue weighted by Crippen LogP contribution is 2.63. The fraction of sp³-hybridized carbons (Fsp3) is 0.321. The number of rotatable bonds is 4. The second-order valence-corrected chi connectivity index (χ2v) is 10.5. The zero-order valence-corrected chi connectivity index (χ0v) is 19.7. The molecule has 3 aliphatic rings. The van der Waals surface area contributed by atoms with Crippen molar-refractivity contribution >= 4 is 34.8 Å². The Kier molecular flexibility index (Phi) is 5.35. The van der Waals surface area contributed by atoms with E-state index in [0.29, 0.717) is 40.0 Å². The fourth-order valence-electron chi connectivity index (χ4n) is 6.56. The molecule has 6 rings (SSSR count). The predicted octanol–water partition coefficient (Wildman–Crippen LogP) is 7.22.